The van der Waals surface area contributed by atoms with Crippen molar-refractivity contribution in [2.75, 3.05) is 5.75 Å². The molecule has 4 heteroatoms. The molecule has 0 saturated heterocycles. The molecular weight excluding hydrogens is 232 g/mol. The summed E-state index contributed by atoms with van der Waals surface area (Å²) < 4.78 is 1.84. The number of pyridine rings is 1. The molecule has 1 unspecified atom stereocenters. The van der Waals surface area contributed by atoms with Gasteiger partial charge >= 0.3 is 0 Å². The quantitative estimate of drug-likeness (QED) is 0.601. The fourth-order valence-corrected chi connectivity index (χ4v) is 2.68. The predicted molar refractivity (Wildman–Crippen MR) is 70.8 cm³/mol. The lowest BCUT2D eigenvalue weighted by Gasteiger charge is -2.05. The third-order valence-electron chi connectivity index (χ3n) is 2.85. The number of carbonyl (C=O) groups excluding carboxylic acids is 1. The summed E-state index contributed by atoms with van der Waals surface area (Å²) in [5.41, 5.74) is 1.50. The fraction of sp³-hybridized carbons (Fsp3) is 0.385. The molecule has 2 aromatic heterocycles. The molecule has 0 fully saturated rings. The van der Waals surface area contributed by atoms with Gasteiger partial charge in [0.1, 0.15) is 16.4 Å². The molecule has 0 saturated carbocycles. The second-order valence-corrected chi connectivity index (χ2v) is 5.18. The highest BCUT2D eigenvalue weighted by atomic mass is 32.2. The Morgan fingerprint density at radius 3 is 3.06 bits per heavy atom. The highest BCUT2D eigenvalue weighted by molar-refractivity contribution is 7.99. The summed E-state index contributed by atoms with van der Waals surface area (Å²) in [5, 5.41) is 0.839. The topological polar surface area (TPSA) is 34.4 Å². The first kappa shape index (κ1) is 12.2. The number of thioether (sulfide) groups is 1. The Bertz CT molecular complexity index is 521. The molecule has 90 valence electrons. The van der Waals surface area contributed by atoms with Gasteiger partial charge in [-0.15, -0.1) is 11.8 Å². The Kier molecular flexibility index (Phi) is 3.84. The number of aldehydes is 1. The first-order chi connectivity index (χ1) is 8.26. The molecule has 0 aliphatic carbocycles. The first-order valence-corrected chi connectivity index (χ1v) is 6.80. The Morgan fingerprint density at radius 1 is 1.53 bits per heavy atom. The molecule has 0 bridgehead atoms. The number of fused-ring (bicyclic) bond motifs is 1. The molecule has 0 radical (unpaired) electrons. The molecule has 0 N–H and O–H groups in total. The Morgan fingerprint density at radius 2 is 2.35 bits per heavy atom. The summed E-state index contributed by atoms with van der Waals surface area (Å²) in [4.78, 5) is 15.6. The van der Waals surface area contributed by atoms with Crippen LogP contribution in [0, 0.1) is 5.92 Å². The molecule has 2 heterocycles. The van der Waals surface area contributed by atoms with Crippen LogP contribution in [0.1, 0.15) is 30.8 Å². The first-order valence-electron chi connectivity index (χ1n) is 5.81. The summed E-state index contributed by atoms with van der Waals surface area (Å²) in [6.07, 6.45) is 3.91. The molecule has 0 spiro atoms. The lowest BCUT2D eigenvalue weighted by molar-refractivity contribution is 0.111. The highest BCUT2D eigenvalue weighted by Crippen LogP contribution is 2.24. The van der Waals surface area contributed by atoms with Gasteiger partial charge in [0, 0.05) is 11.9 Å². The van der Waals surface area contributed by atoms with Crippen LogP contribution in [0.5, 0.6) is 0 Å². The van der Waals surface area contributed by atoms with Gasteiger partial charge in [-0.2, -0.15) is 0 Å². The average Bonchev–Trinajstić information content (AvgIpc) is 2.73. The largest absolute Gasteiger partial charge is 0.296 e. The van der Waals surface area contributed by atoms with Gasteiger partial charge in [-0.05, 0) is 18.1 Å². The minimum atomic E-state index is 0.643. The van der Waals surface area contributed by atoms with E-state index < -0.39 is 0 Å². The van der Waals surface area contributed by atoms with Crippen molar-refractivity contribution in [2.45, 2.75) is 25.3 Å². The lowest BCUT2D eigenvalue weighted by atomic mass is 10.2. The highest BCUT2D eigenvalue weighted by Gasteiger charge is 2.12. The monoisotopic (exact) mass is 248 g/mol. The standard InChI is InChI=1S/C13H16N2OS/c1-3-10(2)9-17-13-11(8-16)15-7-5-4-6-12(15)14-13/h4-8,10H,3,9H2,1-2H3. The van der Waals surface area contributed by atoms with Crippen molar-refractivity contribution in [3.8, 4) is 0 Å². The lowest BCUT2D eigenvalue weighted by Crippen LogP contribution is -1.97. The van der Waals surface area contributed by atoms with Gasteiger partial charge in [0.05, 0.1) is 0 Å². The van der Waals surface area contributed by atoms with Crippen molar-refractivity contribution in [1.82, 2.24) is 9.38 Å². The van der Waals surface area contributed by atoms with Crippen LogP contribution in [-0.2, 0) is 0 Å². The number of hydrogen-bond donors (Lipinski definition) is 0. The minimum absolute atomic E-state index is 0.643. The average molecular weight is 248 g/mol. The zero-order valence-corrected chi connectivity index (χ0v) is 10.9. The zero-order valence-electron chi connectivity index (χ0n) is 10.1. The van der Waals surface area contributed by atoms with Crippen molar-refractivity contribution in [1.29, 1.82) is 0 Å². The molecule has 2 rings (SSSR count). The smallest absolute Gasteiger partial charge is 0.169 e. The Balaban J connectivity index is 2.30. The van der Waals surface area contributed by atoms with Crippen LogP contribution in [0.4, 0.5) is 0 Å². The summed E-state index contributed by atoms with van der Waals surface area (Å²) in [7, 11) is 0. The maximum Gasteiger partial charge on any atom is 0.169 e. The fourth-order valence-electron chi connectivity index (χ4n) is 1.55. The molecule has 2 aromatic rings. The van der Waals surface area contributed by atoms with Crippen molar-refractivity contribution in [3.05, 3.63) is 30.1 Å². The van der Waals surface area contributed by atoms with E-state index in [9.17, 15) is 4.79 Å². The minimum Gasteiger partial charge on any atom is -0.296 e. The summed E-state index contributed by atoms with van der Waals surface area (Å²) in [5.74, 6) is 1.64. The van der Waals surface area contributed by atoms with E-state index in [-0.39, 0.29) is 0 Å². The molecule has 1 atom stereocenters. The van der Waals surface area contributed by atoms with E-state index in [4.69, 9.17) is 0 Å². The summed E-state index contributed by atoms with van der Waals surface area (Å²) in [6, 6.07) is 5.76. The SMILES string of the molecule is CCC(C)CSc1nc2ccccn2c1C=O. The molecule has 0 aromatic carbocycles. The molecule has 0 aliphatic rings. The van der Waals surface area contributed by atoms with Crippen molar-refractivity contribution >= 4 is 23.7 Å². The number of aromatic nitrogens is 2. The van der Waals surface area contributed by atoms with Crippen LogP contribution >= 0.6 is 11.8 Å². The van der Waals surface area contributed by atoms with Crippen molar-refractivity contribution in [2.24, 2.45) is 5.92 Å². The van der Waals surface area contributed by atoms with Crippen LogP contribution < -0.4 is 0 Å². The van der Waals surface area contributed by atoms with E-state index in [0.29, 0.717) is 11.6 Å². The van der Waals surface area contributed by atoms with Crippen LogP contribution in [0.25, 0.3) is 5.65 Å². The van der Waals surface area contributed by atoms with E-state index in [1.165, 1.54) is 0 Å². The molecule has 3 nitrogen and oxygen atoms in total. The predicted octanol–water partition coefficient (Wildman–Crippen LogP) is 3.29. The van der Waals surface area contributed by atoms with Gasteiger partial charge in [0.2, 0.25) is 0 Å². The summed E-state index contributed by atoms with van der Waals surface area (Å²) in [6.45, 7) is 4.39. The van der Waals surface area contributed by atoms with Gasteiger partial charge in [-0.3, -0.25) is 9.20 Å². The van der Waals surface area contributed by atoms with Gasteiger partial charge in [0.15, 0.2) is 6.29 Å². The van der Waals surface area contributed by atoms with Gasteiger partial charge in [-0.1, -0.05) is 26.3 Å². The zero-order chi connectivity index (χ0) is 12.3. The number of imidazole rings is 1. The Labute approximate surface area is 105 Å². The number of hydrogen-bond acceptors (Lipinski definition) is 3. The van der Waals surface area contributed by atoms with Gasteiger partial charge in [0.25, 0.3) is 0 Å². The van der Waals surface area contributed by atoms with E-state index in [0.717, 1.165) is 29.1 Å². The normalized spacial score (nSPS) is 12.8. The molecule has 0 aliphatic heterocycles. The van der Waals surface area contributed by atoms with E-state index in [1.54, 1.807) is 11.8 Å². The summed E-state index contributed by atoms with van der Waals surface area (Å²) >= 11 is 1.67. The molecule has 17 heavy (non-hydrogen) atoms. The number of carbonyl (C=O) groups is 1. The van der Waals surface area contributed by atoms with Crippen LogP contribution in [0.2, 0.25) is 0 Å². The molecule has 0 amide bonds. The number of nitrogens with zero attached hydrogens (tertiary/aromatic N) is 2. The number of rotatable bonds is 5. The maximum absolute atomic E-state index is 11.1. The van der Waals surface area contributed by atoms with Gasteiger partial charge < -0.3 is 0 Å². The third-order valence-corrected chi connectivity index (χ3v) is 4.16. The van der Waals surface area contributed by atoms with Crippen molar-refractivity contribution < 1.29 is 4.79 Å². The van der Waals surface area contributed by atoms with Crippen LogP contribution in [0.15, 0.2) is 29.4 Å². The van der Waals surface area contributed by atoms with Gasteiger partial charge in [-0.25, -0.2) is 4.98 Å². The Hall–Kier alpha value is -1.29. The second-order valence-electron chi connectivity index (χ2n) is 4.17. The maximum atomic E-state index is 11.1. The van der Waals surface area contributed by atoms with E-state index >= 15 is 0 Å². The second kappa shape index (κ2) is 5.36. The van der Waals surface area contributed by atoms with Crippen molar-refractivity contribution in [3.63, 3.8) is 0 Å². The molecular formula is C13H16N2OS. The van der Waals surface area contributed by atoms with Crippen LogP contribution in [0.3, 0.4) is 0 Å². The third kappa shape index (κ3) is 2.52. The van der Waals surface area contributed by atoms with E-state index in [1.807, 2.05) is 28.8 Å². The van der Waals surface area contributed by atoms with Crippen LogP contribution in [-0.4, -0.2) is 21.4 Å². The van der Waals surface area contributed by atoms with E-state index in [2.05, 4.69) is 18.8 Å².